The predicted octanol–water partition coefficient (Wildman–Crippen LogP) is 17.2. The van der Waals surface area contributed by atoms with Crippen molar-refractivity contribution in [2.45, 2.75) is 56.0 Å². The van der Waals surface area contributed by atoms with E-state index >= 15 is 0 Å². The van der Waals surface area contributed by atoms with Crippen LogP contribution in [-0.4, -0.2) is 6.15 Å². The van der Waals surface area contributed by atoms with Crippen LogP contribution in [0, 0.1) is 0 Å². The molecule has 84 heavy (non-hydrogen) atoms. The van der Waals surface area contributed by atoms with Gasteiger partial charge in [-0.1, -0.05) is 127 Å². The SMILES string of the molecule is FC(F)(F)c1cc([B-](c2cc(C(F)(F)F)cc(C(F)(F)F)c2)(c2cc(C(F)(F)F)cc(C(F)(F)F)c2)c2cc(C(F)(F)F)cc(C(F)(F)F)c2)cc(C(F)(F)F)c1.c1ccc(C[n+]2ccc(-c3cc4ccccc4c4ccccc34)cc2)cc1. The maximum Gasteiger partial charge on any atom is 0.416 e. The molecule has 1 heterocycles. The van der Waals surface area contributed by atoms with E-state index in [1.165, 1.54) is 38.2 Å². The Morgan fingerprint density at radius 3 is 0.857 bits per heavy atom. The van der Waals surface area contributed by atoms with Crippen LogP contribution in [0.4, 0.5) is 105 Å². The minimum Gasteiger partial charge on any atom is -0.201 e. The van der Waals surface area contributed by atoms with Gasteiger partial charge in [-0.3, -0.25) is 0 Å². The maximum atomic E-state index is 14.2. The molecule has 0 unspecified atom stereocenters. The fourth-order valence-corrected chi connectivity index (χ4v) is 9.90. The van der Waals surface area contributed by atoms with Gasteiger partial charge in [0.1, 0.15) is 6.15 Å². The van der Waals surface area contributed by atoms with Gasteiger partial charge in [0.2, 0.25) is 0 Å². The number of hydrogen-bond acceptors (Lipinski definition) is 0. The van der Waals surface area contributed by atoms with Crippen molar-refractivity contribution in [3.8, 4) is 11.1 Å². The molecule has 8 aromatic carbocycles. The lowest BCUT2D eigenvalue weighted by atomic mass is 9.12. The Hall–Kier alpha value is -8.19. The molecule has 0 saturated heterocycles. The second kappa shape index (κ2) is 21.8. The Morgan fingerprint density at radius 1 is 0.274 bits per heavy atom. The van der Waals surface area contributed by atoms with E-state index in [0.717, 1.165) is 6.54 Å². The molecule has 0 radical (unpaired) electrons. The van der Waals surface area contributed by atoms with E-state index in [1.54, 1.807) is 0 Å². The molecule has 0 aliphatic heterocycles. The number of benzene rings is 8. The number of halogens is 24. The number of pyridine rings is 1. The molecule has 0 spiro atoms. The number of nitrogens with zero attached hydrogens (tertiary/aromatic N) is 1. The van der Waals surface area contributed by atoms with Gasteiger partial charge in [0, 0.05) is 17.7 Å². The smallest absolute Gasteiger partial charge is 0.201 e. The lowest BCUT2D eigenvalue weighted by Crippen LogP contribution is -2.75. The summed E-state index contributed by atoms with van der Waals surface area (Å²) in [6, 6.07) is 25.8. The summed E-state index contributed by atoms with van der Waals surface area (Å²) in [5.74, 6) is 0. The minimum absolute atomic E-state index is 0.691. The highest BCUT2D eigenvalue weighted by molar-refractivity contribution is 7.20. The Morgan fingerprint density at radius 2 is 0.548 bits per heavy atom. The molecule has 0 bridgehead atoms. The molecular formula is C58H32BF24N. The van der Waals surface area contributed by atoms with E-state index in [-0.39, 0.29) is 0 Å². The van der Waals surface area contributed by atoms with Crippen molar-refractivity contribution >= 4 is 49.5 Å². The Kier molecular flexibility index (Phi) is 16.0. The fourth-order valence-electron chi connectivity index (χ4n) is 9.90. The average molecular weight is 1210 g/mol. The molecule has 1 nitrogen and oxygen atoms in total. The van der Waals surface area contributed by atoms with Crippen LogP contribution in [0.25, 0.3) is 32.7 Å². The highest BCUT2D eigenvalue weighted by atomic mass is 19.4. The lowest BCUT2D eigenvalue weighted by Gasteiger charge is -2.46. The summed E-state index contributed by atoms with van der Waals surface area (Å²) in [5, 5.41) is 5.21. The third-order valence-electron chi connectivity index (χ3n) is 13.6. The number of alkyl halides is 24. The molecule has 0 fully saturated rings. The molecule has 0 aliphatic rings. The molecule has 0 atom stereocenters. The third kappa shape index (κ3) is 13.3. The van der Waals surface area contributed by atoms with E-state index in [0.29, 0.717) is 0 Å². The molecule has 9 aromatic rings. The van der Waals surface area contributed by atoms with Crippen molar-refractivity contribution in [2.24, 2.45) is 0 Å². The molecule has 9 rings (SSSR count). The number of aromatic nitrogens is 1. The van der Waals surface area contributed by atoms with E-state index in [4.69, 9.17) is 0 Å². The summed E-state index contributed by atoms with van der Waals surface area (Å²) in [6.45, 7) is 0.888. The van der Waals surface area contributed by atoms with Crippen LogP contribution in [0.2, 0.25) is 0 Å². The van der Waals surface area contributed by atoms with Crippen LogP contribution in [-0.2, 0) is 56.0 Å². The highest BCUT2D eigenvalue weighted by Crippen LogP contribution is 2.42. The molecule has 0 aliphatic carbocycles. The van der Waals surface area contributed by atoms with Gasteiger partial charge in [-0.25, -0.2) is 4.57 Å². The molecule has 0 saturated carbocycles. The fraction of sp³-hybridized carbons (Fsp3) is 0.155. The monoisotopic (exact) mass is 1210 g/mol. The normalized spacial score (nSPS) is 13.3. The molecular weight excluding hydrogens is 1180 g/mol. The molecule has 440 valence electrons. The van der Waals surface area contributed by atoms with E-state index < -0.39 is 195 Å². The molecule has 0 amide bonds. The first-order valence-electron chi connectivity index (χ1n) is 23.9. The Bertz CT molecular complexity index is 3430. The average Bonchev–Trinajstić information content (AvgIpc) is 1.07. The highest BCUT2D eigenvalue weighted by Gasteiger charge is 2.47. The molecule has 0 N–H and O–H groups in total. The lowest BCUT2D eigenvalue weighted by molar-refractivity contribution is -0.688. The van der Waals surface area contributed by atoms with Gasteiger partial charge >= 0.3 is 49.4 Å². The quantitative estimate of drug-likeness (QED) is 0.0648. The van der Waals surface area contributed by atoms with E-state index in [2.05, 4.69) is 114 Å². The van der Waals surface area contributed by atoms with Gasteiger partial charge in [0.25, 0.3) is 0 Å². The number of fused-ring (bicyclic) bond motifs is 3. The summed E-state index contributed by atoms with van der Waals surface area (Å²) in [4.78, 5) is 0. The van der Waals surface area contributed by atoms with Crippen LogP contribution in [0.1, 0.15) is 50.1 Å². The standard InChI is InChI=1S/C32H12BF24.C26H20N/c34-25(35,36)13-1-14(26(37,38)39)6-21(5-13)33(22-7-15(27(40,41)42)2-16(8-22)28(43,44)45,23-9-17(29(46,47)48)3-18(10-23)30(49,50)51)24-11-19(31(52,53)54)4-20(12-24)32(55,56)57;1-2-8-20(9-3-1)19-27-16-14-21(15-17-27)26-18-22-10-4-5-11-23(22)24-12-6-7-13-25(24)26/h1-12H;1-18H,19H2/q-1;+1. The van der Waals surface area contributed by atoms with Crippen LogP contribution in [0.3, 0.4) is 0 Å². The first kappa shape index (κ1) is 61.9. The summed E-state index contributed by atoms with van der Waals surface area (Å²) in [7, 11) is 0. The zero-order valence-corrected chi connectivity index (χ0v) is 41.6. The number of rotatable bonds is 7. The summed E-state index contributed by atoms with van der Waals surface area (Å²) >= 11 is 0. The predicted molar refractivity (Wildman–Crippen MR) is 263 cm³/mol. The van der Waals surface area contributed by atoms with Gasteiger partial charge in [0.05, 0.1) is 44.5 Å². The topological polar surface area (TPSA) is 3.88 Å². The van der Waals surface area contributed by atoms with Crippen molar-refractivity contribution in [3.63, 3.8) is 0 Å². The van der Waals surface area contributed by atoms with E-state index in [9.17, 15) is 105 Å². The van der Waals surface area contributed by atoms with Gasteiger partial charge < -0.3 is 0 Å². The minimum atomic E-state index is -6.13. The Labute approximate surface area is 457 Å². The van der Waals surface area contributed by atoms with Crippen molar-refractivity contribution in [1.29, 1.82) is 0 Å². The van der Waals surface area contributed by atoms with Gasteiger partial charge in [0.15, 0.2) is 18.9 Å². The zero-order chi connectivity index (χ0) is 62.0. The maximum absolute atomic E-state index is 14.2. The van der Waals surface area contributed by atoms with Crippen LogP contribution in [0.15, 0.2) is 182 Å². The van der Waals surface area contributed by atoms with E-state index in [1.807, 2.05) is 0 Å². The zero-order valence-electron chi connectivity index (χ0n) is 41.6. The first-order chi connectivity index (χ1) is 38.6. The third-order valence-corrected chi connectivity index (χ3v) is 13.6. The summed E-state index contributed by atoms with van der Waals surface area (Å²) in [5.41, 5.74) is -26.4. The second-order valence-electron chi connectivity index (χ2n) is 19.2. The van der Waals surface area contributed by atoms with Crippen molar-refractivity contribution in [3.05, 3.63) is 232 Å². The van der Waals surface area contributed by atoms with Gasteiger partial charge in [-0.05, 0) is 63.0 Å². The number of hydrogen-bond donors (Lipinski definition) is 0. The first-order valence-corrected chi connectivity index (χ1v) is 23.9. The van der Waals surface area contributed by atoms with Crippen LogP contribution in [0.5, 0.6) is 0 Å². The Balaban J connectivity index is 0.000000280. The summed E-state index contributed by atoms with van der Waals surface area (Å²) in [6.07, 6.45) is -50.5. The molecule has 26 heteroatoms. The van der Waals surface area contributed by atoms with Gasteiger partial charge in [-0.2, -0.15) is 127 Å². The van der Waals surface area contributed by atoms with Crippen molar-refractivity contribution in [1.82, 2.24) is 0 Å². The van der Waals surface area contributed by atoms with Gasteiger partial charge in [-0.15, -0.1) is 0 Å². The van der Waals surface area contributed by atoms with Crippen molar-refractivity contribution in [2.75, 3.05) is 0 Å². The largest absolute Gasteiger partial charge is 0.416 e. The molecule has 1 aromatic heterocycles. The van der Waals surface area contributed by atoms with Crippen LogP contribution < -0.4 is 26.4 Å². The van der Waals surface area contributed by atoms with Crippen molar-refractivity contribution < 1.29 is 110 Å². The second-order valence-corrected chi connectivity index (χ2v) is 19.2. The van der Waals surface area contributed by atoms with Crippen LogP contribution >= 0.6 is 0 Å². The summed E-state index contributed by atoms with van der Waals surface area (Å²) < 4.78 is 343.